The average molecular weight is 339 g/mol. The lowest BCUT2D eigenvalue weighted by atomic mass is 10.3. The summed E-state index contributed by atoms with van der Waals surface area (Å²) in [5.41, 5.74) is 0.849. The molecule has 0 unspecified atom stereocenters. The van der Waals surface area contributed by atoms with Crippen molar-refractivity contribution in [3.8, 4) is 0 Å². The Morgan fingerprint density at radius 1 is 1.33 bits per heavy atom. The first-order valence-corrected chi connectivity index (χ1v) is 6.92. The Hall–Kier alpha value is -0.820. The van der Waals surface area contributed by atoms with Crippen molar-refractivity contribution in [2.24, 2.45) is 0 Å². The maximum absolute atomic E-state index is 11.9. The highest BCUT2D eigenvalue weighted by Crippen LogP contribution is 2.28. The molecule has 1 aromatic heterocycles. The molecule has 1 aromatic carbocycles. The quantitative estimate of drug-likeness (QED) is 0.809. The molecule has 0 saturated carbocycles. The largest absolute Gasteiger partial charge is 0.389 e. The number of hydrogen-bond acceptors (Lipinski definition) is 3. The fourth-order valence-corrected chi connectivity index (χ4v) is 2.90. The van der Waals surface area contributed by atoms with Gasteiger partial charge < -0.3 is 5.32 Å². The summed E-state index contributed by atoms with van der Waals surface area (Å²) in [6, 6.07) is 5.69. The molecule has 0 aliphatic carbocycles. The van der Waals surface area contributed by atoms with E-state index in [1.165, 1.54) is 11.3 Å². The van der Waals surface area contributed by atoms with Crippen LogP contribution in [0.1, 0.15) is 12.8 Å². The number of halogens is 4. The predicted molar refractivity (Wildman–Crippen MR) is 71.1 cm³/mol. The van der Waals surface area contributed by atoms with Crippen LogP contribution in [-0.2, 0) is 0 Å². The molecule has 18 heavy (non-hydrogen) atoms. The highest BCUT2D eigenvalue weighted by atomic mass is 79.9. The van der Waals surface area contributed by atoms with E-state index in [1.54, 1.807) is 0 Å². The van der Waals surface area contributed by atoms with Crippen molar-refractivity contribution in [1.82, 2.24) is 4.98 Å². The molecule has 0 fully saturated rings. The number of anilines is 1. The molecule has 7 heteroatoms. The number of nitrogens with one attached hydrogen (secondary N) is 1. The van der Waals surface area contributed by atoms with E-state index >= 15 is 0 Å². The van der Waals surface area contributed by atoms with E-state index < -0.39 is 12.6 Å². The van der Waals surface area contributed by atoms with Gasteiger partial charge in [-0.25, -0.2) is 4.98 Å². The minimum atomic E-state index is -4.08. The topological polar surface area (TPSA) is 24.9 Å². The maximum Gasteiger partial charge on any atom is 0.389 e. The van der Waals surface area contributed by atoms with Crippen molar-refractivity contribution in [2.45, 2.75) is 19.0 Å². The number of hydrogen-bond donors (Lipinski definition) is 1. The van der Waals surface area contributed by atoms with Gasteiger partial charge in [-0.15, -0.1) is 0 Å². The highest BCUT2D eigenvalue weighted by Gasteiger charge is 2.25. The van der Waals surface area contributed by atoms with Gasteiger partial charge in [0.05, 0.1) is 10.2 Å². The summed E-state index contributed by atoms with van der Waals surface area (Å²) in [6.07, 6.45) is -4.79. The summed E-state index contributed by atoms with van der Waals surface area (Å²) in [5, 5.41) is 3.58. The summed E-state index contributed by atoms with van der Waals surface area (Å²) in [7, 11) is 0. The summed E-state index contributed by atoms with van der Waals surface area (Å²) < 4.78 is 37.8. The first-order chi connectivity index (χ1) is 8.44. The van der Waals surface area contributed by atoms with Crippen LogP contribution in [0.5, 0.6) is 0 Å². The van der Waals surface area contributed by atoms with E-state index in [0.29, 0.717) is 5.13 Å². The van der Waals surface area contributed by atoms with Crippen molar-refractivity contribution in [1.29, 1.82) is 0 Å². The highest BCUT2D eigenvalue weighted by molar-refractivity contribution is 9.10. The van der Waals surface area contributed by atoms with Crippen LogP contribution < -0.4 is 5.32 Å². The van der Waals surface area contributed by atoms with E-state index in [9.17, 15) is 13.2 Å². The number of alkyl halides is 3. The molecule has 2 aromatic rings. The Bertz CT molecular complexity index is 539. The first-order valence-electron chi connectivity index (χ1n) is 5.31. The second-order valence-electron chi connectivity index (χ2n) is 3.78. The number of fused-ring (bicyclic) bond motifs is 1. The molecule has 0 aliphatic rings. The molecule has 0 atom stereocenters. The fraction of sp³-hybridized carbons (Fsp3) is 0.364. The van der Waals surface area contributed by atoms with Crippen LogP contribution in [0.4, 0.5) is 18.3 Å². The summed E-state index contributed by atoms with van der Waals surface area (Å²) in [6.45, 7) is 0.278. The lowest BCUT2D eigenvalue weighted by Crippen LogP contribution is -2.10. The molecule has 0 amide bonds. The SMILES string of the molecule is FC(F)(F)CCCNc1nc2ccc(Br)cc2s1. The van der Waals surface area contributed by atoms with Crippen LogP contribution in [0.2, 0.25) is 0 Å². The fourth-order valence-electron chi connectivity index (χ4n) is 1.46. The van der Waals surface area contributed by atoms with Gasteiger partial charge >= 0.3 is 6.18 Å². The van der Waals surface area contributed by atoms with Crippen LogP contribution in [-0.4, -0.2) is 17.7 Å². The Kier molecular flexibility index (Phi) is 4.11. The third kappa shape index (κ3) is 3.84. The van der Waals surface area contributed by atoms with Gasteiger partial charge in [0.1, 0.15) is 0 Å². The van der Waals surface area contributed by atoms with E-state index in [2.05, 4.69) is 26.2 Å². The van der Waals surface area contributed by atoms with Gasteiger partial charge in [0.15, 0.2) is 5.13 Å². The van der Waals surface area contributed by atoms with Crippen molar-refractivity contribution in [2.75, 3.05) is 11.9 Å². The third-order valence-corrected chi connectivity index (χ3v) is 3.73. The summed E-state index contributed by atoms with van der Waals surface area (Å²) in [5.74, 6) is 0. The van der Waals surface area contributed by atoms with Crippen molar-refractivity contribution in [3.63, 3.8) is 0 Å². The Morgan fingerprint density at radius 2 is 2.11 bits per heavy atom. The van der Waals surface area contributed by atoms with Gasteiger partial charge in [-0.3, -0.25) is 0 Å². The van der Waals surface area contributed by atoms with Gasteiger partial charge in [0.25, 0.3) is 0 Å². The Morgan fingerprint density at radius 3 is 2.83 bits per heavy atom. The van der Waals surface area contributed by atoms with E-state index in [4.69, 9.17) is 0 Å². The minimum Gasteiger partial charge on any atom is -0.361 e. The smallest absolute Gasteiger partial charge is 0.361 e. The number of aromatic nitrogens is 1. The second kappa shape index (κ2) is 5.44. The monoisotopic (exact) mass is 338 g/mol. The molecule has 0 radical (unpaired) electrons. The van der Waals surface area contributed by atoms with Gasteiger partial charge in [-0.05, 0) is 24.6 Å². The van der Waals surface area contributed by atoms with E-state index in [1.807, 2.05) is 18.2 Å². The molecule has 98 valence electrons. The number of thiazole rings is 1. The average Bonchev–Trinajstić information content (AvgIpc) is 2.65. The van der Waals surface area contributed by atoms with E-state index in [-0.39, 0.29) is 13.0 Å². The van der Waals surface area contributed by atoms with Crippen molar-refractivity contribution >= 4 is 42.6 Å². The zero-order valence-corrected chi connectivity index (χ0v) is 11.6. The summed E-state index contributed by atoms with van der Waals surface area (Å²) >= 11 is 4.80. The zero-order chi connectivity index (χ0) is 13.2. The molecule has 1 N–H and O–H groups in total. The normalized spacial score (nSPS) is 12.0. The lowest BCUT2D eigenvalue weighted by Gasteiger charge is -2.05. The Balaban J connectivity index is 1.92. The van der Waals surface area contributed by atoms with Gasteiger partial charge in [0.2, 0.25) is 0 Å². The molecular formula is C11H10BrF3N2S. The number of nitrogens with zero attached hydrogens (tertiary/aromatic N) is 1. The van der Waals surface area contributed by atoms with Crippen LogP contribution in [0, 0.1) is 0 Å². The van der Waals surface area contributed by atoms with Gasteiger partial charge in [0, 0.05) is 17.4 Å². The van der Waals surface area contributed by atoms with Crippen molar-refractivity contribution < 1.29 is 13.2 Å². The standard InChI is InChI=1S/C11H10BrF3N2S/c12-7-2-3-8-9(6-7)18-10(17-8)16-5-1-4-11(13,14)15/h2-3,6H,1,4-5H2,(H,16,17). The summed E-state index contributed by atoms with van der Waals surface area (Å²) in [4.78, 5) is 4.29. The van der Waals surface area contributed by atoms with Crippen LogP contribution in [0.15, 0.2) is 22.7 Å². The molecule has 2 rings (SSSR count). The van der Waals surface area contributed by atoms with E-state index in [0.717, 1.165) is 14.7 Å². The maximum atomic E-state index is 11.9. The molecule has 0 saturated heterocycles. The molecule has 1 heterocycles. The van der Waals surface area contributed by atoms with Crippen molar-refractivity contribution in [3.05, 3.63) is 22.7 Å². The van der Waals surface area contributed by atoms with Crippen LogP contribution in [0.25, 0.3) is 10.2 Å². The second-order valence-corrected chi connectivity index (χ2v) is 5.72. The first kappa shape index (κ1) is 13.6. The van der Waals surface area contributed by atoms with Gasteiger partial charge in [-0.1, -0.05) is 27.3 Å². The molecule has 2 nitrogen and oxygen atoms in total. The molecular weight excluding hydrogens is 329 g/mol. The lowest BCUT2D eigenvalue weighted by molar-refractivity contribution is -0.134. The number of benzene rings is 1. The minimum absolute atomic E-state index is 0.0587. The molecule has 0 spiro atoms. The molecule has 0 aliphatic heterocycles. The molecule has 0 bridgehead atoms. The zero-order valence-electron chi connectivity index (χ0n) is 9.22. The Labute approximate surface area is 114 Å². The van der Waals surface area contributed by atoms with Crippen LogP contribution in [0.3, 0.4) is 0 Å². The number of rotatable bonds is 4. The van der Waals surface area contributed by atoms with Crippen LogP contribution >= 0.6 is 27.3 Å². The van der Waals surface area contributed by atoms with Gasteiger partial charge in [-0.2, -0.15) is 13.2 Å². The third-order valence-electron chi connectivity index (χ3n) is 2.26. The predicted octanol–water partition coefficient (Wildman–Crippen LogP) is 4.81.